The van der Waals surface area contributed by atoms with E-state index in [-0.39, 0.29) is 0 Å². The summed E-state index contributed by atoms with van der Waals surface area (Å²) in [5.74, 6) is 0. The van der Waals surface area contributed by atoms with Gasteiger partial charge >= 0.3 is 0 Å². The van der Waals surface area contributed by atoms with E-state index in [0.29, 0.717) is 0 Å². The van der Waals surface area contributed by atoms with E-state index in [2.05, 4.69) is 47.5 Å². The van der Waals surface area contributed by atoms with Gasteiger partial charge in [0.25, 0.3) is 0 Å². The number of hydrogen-bond acceptors (Lipinski definition) is 1. The lowest BCUT2D eigenvalue weighted by molar-refractivity contribution is 0.959. The topological polar surface area (TPSA) is 28.7 Å². The second kappa shape index (κ2) is 5.31. The lowest BCUT2D eigenvalue weighted by Gasteiger charge is -1.94. The van der Waals surface area contributed by atoms with Crippen LogP contribution in [0.25, 0.3) is 17.0 Å². The number of nitrogens with zero attached hydrogens (tertiary/aromatic N) is 1. The molecule has 0 saturated heterocycles. The van der Waals surface area contributed by atoms with E-state index in [4.69, 9.17) is 0 Å². The fraction of sp³-hybridized carbons (Fsp3) is 0.214. The second-order valence-corrected chi connectivity index (χ2v) is 3.75. The molecule has 2 heteroatoms. The minimum absolute atomic E-state index is 1.08. The van der Waals surface area contributed by atoms with Crippen LogP contribution in [0.4, 0.5) is 0 Å². The van der Waals surface area contributed by atoms with Crippen LogP contribution in [0.2, 0.25) is 0 Å². The maximum Gasteiger partial charge on any atom is 0.0656 e. The van der Waals surface area contributed by atoms with Crippen molar-refractivity contribution in [2.45, 2.75) is 19.8 Å². The average Bonchev–Trinajstić information content (AvgIpc) is 2.77. The van der Waals surface area contributed by atoms with Gasteiger partial charge in [-0.15, -0.1) is 0 Å². The smallest absolute Gasteiger partial charge is 0.0656 e. The molecule has 0 bridgehead atoms. The quantitative estimate of drug-likeness (QED) is 0.764. The molecule has 0 spiro atoms. The molecule has 1 aromatic carbocycles. The zero-order chi connectivity index (χ0) is 11.2. The number of rotatable bonds is 4. The molecule has 1 N–H and O–H groups in total. The molecular formula is C14H16N2. The highest BCUT2D eigenvalue weighted by molar-refractivity contribution is 5.87. The van der Waals surface area contributed by atoms with Gasteiger partial charge in [0.1, 0.15) is 0 Å². The van der Waals surface area contributed by atoms with E-state index < -0.39 is 0 Å². The van der Waals surface area contributed by atoms with Gasteiger partial charge in [0.2, 0.25) is 0 Å². The molecule has 0 saturated carbocycles. The lowest BCUT2D eigenvalue weighted by atomic mass is 10.1. The first-order chi connectivity index (χ1) is 7.92. The van der Waals surface area contributed by atoms with Crippen molar-refractivity contribution < 1.29 is 0 Å². The number of hydrogen-bond donors (Lipinski definition) is 1. The van der Waals surface area contributed by atoms with E-state index in [9.17, 15) is 0 Å². The van der Waals surface area contributed by atoms with Gasteiger partial charge in [-0.1, -0.05) is 49.8 Å². The van der Waals surface area contributed by atoms with Crippen LogP contribution >= 0.6 is 0 Å². The summed E-state index contributed by atoms with van der Waals surface area (Å²) in [6.45, 7) is 2.18. The maximum atomic E-state index is 4.04. The van der Waals surface area contributed by atoms with Crippen LogP contribution in [-0.2, 0) is 0 Å². The Morgan fingerprint density at radius 2 is 2.25 bits per heavy atom. The zero-order valence-corrected chi connectivity index (χ0v) is 9.48. The minimum atomic E-state index is 1.08. The molecule has 2 nitrogen and oxygen atoms in total. The minimum Gasteiger partial charge on any atom is -0.278 e. The van der Waals surface area contributed by atoms with Gasteiger partial charge in [0, 0.05) is 5.39 Å². The van der Waals surface area contributed by atoms with Crippen LogP contribution in [0.1, 0.15) is 25.3 Å². The van der Waals surface area contributed by atoms with E-state index >= 15 is 0 Å². The lowest BCUT2D eigenvalue weighted by Crippen LogP contribution is -1.73. The van der Waals surface area contributed by atoms with E-state index in [1.807, 2.05) is 18.3 Å². The summed E-state index contributed by atoms with van der Waals surface area (Å²) in [4.78, 5) is 0. The van der Waals surface area contributed by atoms with Crippen LogP contribution in [0.3, 0.4) is 0 Å². The van der Waals surface area contributed by atoms with Crippen molar-refractivity contribution >= 4 is 17.0 Å². The molecule has 0 amide bonds. The Morgan fingerprint density at radius 1 is 1.31 bits per heavy atom. The molecule has 2 rings (SSSR count). The van der Waals surface area contributed by atoms with Gasteiger partial charge in [0.15, 0.2) is 0 Å². The van der Waals surface area contributed by atoms with Crippen molar-refractivity contribution in [1.82, 2.24) is 10.2 Å². The molecule has 0 aliphatic rings. The number of unbranched alkanes of at least 4 members (excludes halogenated alkanes) is 1. The van der Waals surface area contributed by atoms with E-state index in [1.54, 1.807) is 0 Å². The summed E-state index contributed by atoms with van der Waals surface area (Å²) in [6.07, 6.45) is 12.7. The van der Waals surface area contributed by atoms with Gasteiger partial charge in [-0.25, -0.2) is 0 Å². The Labute approximate surface area is 95.7 Å². The standard InChI is InChI=1S/C14H16N2/c1-2-3-4-5-6-8-12-9-7-10-14-13(12)11-15-16-14/h4-11H,2-3H2,1H3,(H,15,16)/b5-4-,8-6+. The summed E-state index contributed by atoms with van der Waals surface area (Å²) in [6, 6.07) is 6.17. The number of fused-ring (bicyclic) bond motifs is 1. The van der Waals surface area contributed by atoms with Gasteiger partial charge < -0.3 is 0 Å². The molecule has 2 aromatic rings. The third-order valence-corrected chi connectivity index (χ3v) is 2.50. The van der Waals surface area contributed by atoms with Crippen molar-refractivity contribution in [3.05, 3.63) is 48.2 Å². The van der Waals surface area contributed by atoms with Gasteiger partial charge in [-0.2, -0.15) is 5.10 Å². The first-order valence-electron chi connectivity index (χ1n) is 5.67. The number of aromatic nitrogens is 2. The SMILES string of the molecule is CCC/C=C\C=C\c1cccc2[nH]ncc12. The molecule has 0 atom stereocenters. The highest BCUT2D eigenvalue weighted by atomic mass is 15.1. The molecule has 0 radical (unpaired) electrons. The normalized spacial score (nSPS) is 12.1. The van der Waals surface area contributed by atoms with Crippen LogP contribution in [0.5, 0.6) is 0 Å². The molecular weight excluding hydrogens is 196 g/mol. The summed E-state index contributed by atoms with van der Waals surface area (Å²) in [5.41, 5.74) is 2.28. The van der Waals surface area contributed by atoms with Gasteiger partial charge in [-0.3, -0.25) is 5.10 Å². The molecule has 16 heavy (non-hydrogen) atoms. The molecule has 82 valence electrons. The van der Waals surface area contributed by atoms with Crippen LogP contribution in [-0.4, -0.2) is 10.2 Å². The number of nitrogens with one attached hydrogen (secondary N) is 1. The fourth-order valence-corrected chi connectivity index (χ4v) is 1.64. The predicted octanol–water partition coefficient (Wildman–Crippen LogP) is 3.93. The maximum absolute atomic E-state index is 4.04. The molecule has 0 aliphatic heterocycles. The number of benzene rings is 1. The van der Waals surface area contributed by atoms with Crippen LogP contribution < -0.4 is 0 Å². The second-order valence-electron chi connectivity index (χ2n) is 3.75. The molecule has 1 heterocycles. The Bertz CT molecular complexity index is 506. The van der Waals surface area contributed by atoms with E-state index in [1.165, 1.54) is 17.4 Å². The van der Waals surface area contributed by atoms with Crippen LogP contribution in [0, 0.1) is 0 Å². The summed E-state index contributed by atoms with van der Waals surface area (Å²) in [5, 5.41) is 8.18. The average molecular weight is 212 g/mol. The zero-order valence-electron chi connectivity index (χ0n) is 9.48. The Morgan fingerprint density at radius 3 is 3.12 bits per heavy atom. The number of H-pyrrole nitrogens is 1. The number of aromatic amines is 1. The largest absolute Gasteiger partial charge is 0.278 e. The highest BCUT2D eigenvalue weighted by Gasteiger charge is 1.97. The first kappa shape index (κ1) is 10.7. The molecule has 1 aromatic heterocycles. The Balaban J connectivity index is 2.17. The Kier molecular flexibility index (Phi) is 3.54. The van der Waals surface area contributed by atoms with Crippen molar-refractivity contribution in [3.63, 3.8) is 0 Å². The molecule has 0 aliphatic carbocycles. The van der Waals surface area contributed by atoms with Crippen LogP contribution in [0.15, 0.2) is 42.6 Å². The van der Waals surface area contributed by atoms with Crippen molar-refractivity contribution in [1.29, 1.82) is 0 Å². The van der Waals surface area contributed by atoms with Gasteiger partial charge in [-0.05, 0) is 18.1 Å². The summed E-state index contributed by atoms with van der Waals surface area (Å²) >= 11 is 0. The monoisotopic (exact) mass is 212 g/mol. The van der Waals surface area contributed by atoms with E-state index in [0.717, 1.165) is 11.9 Å². The molecule has 0 fully saturated rings. The highest BCUT2D eigenvalue weighted by Crippen LogP contribution is 2.17. The first-order valence-corrected chi connectivity index (χ1v) is 5.67. The van der Waals surface area contributed by atoms with Crippen molar-refractivity contribution in [2.24, 2.45) is 0 Å². The van der Waals surface area contributed by atoms with Crippen molar-refractivity contribution in [2.75, 3.05) is 0 Å². The summed E-state index contributed by atoms with van der Waals surface area (Å²) < 4.78 is 0. The predicted molar refractivity (Wildman–Crippen MR) is 69.2 cm³/mol. The molecule has 0 unspecified atom stereocenters. The Hall–Kier alpha value is -1.83. The third-order valence-electron chi connectivity index (χ3n) is 2.50. The number of allylic oxidation sites excluding steroid dienone is 3. The summed E-state index contributed by atoms with van der Waals surface area (Å²) in [7, 11) is 0. The third kappa shape index (κ3) is 2.40. The fourth-order valence-electron chi connectivity index (χ4n) is 1.64. The van der Waals surface area contributed by atoms with Gasteiger partial charge in [0.05, 0.1) is 11.7 Å². The van der Waals surface area contributed by atoms with Crippen molar-refractivity contribution in [3.8, 4) is 0 Å².